The standard InChI is InChI=1S/C24H46O2.C22H42O2.C20H38O2.C3H6O2S.C3H4O2/c1-4-5-6-7-8-9-10-11-12-13-14-15-16-17-18-19-20-21-22-26-24(25)23(2)3;1-4-5-6-7-8-9-10-11-12-13-14-15-16-17-18-19-20-24-22(23)21(2)3;1-4-5-6-7-8-9-10-11-12-13-14-15-16-17-18-22-20(21)19(2)3;4-3(5)1-2-6;1-2-3(4)5/h2,4-22H2,1,3H3;2,4-20H2,1,3H3;2,4-18H2,1,3H3;6H,1-2H2,(H,4,5);2H,1H2,(H,4,5). The normalized spacial score (nSPS) is 10.3. The van der Waals surface area contributed by atoms with Crippen LogP contribution in [0.25, 0.3) is 0 Å². The number of carbonyl (C=O) groups excluding carboxylic acids is 3. The molecule has 0 aliphatic rings. The highest BCUT2D eigenvalue weighted by Crippen LogP contribution is 2.17. The van der Waals surface area contributed by atoms with Crippen molar-refractivity contribution in [3.63, 3.8) is 0 Å². The number of carbonyl (C=O) groups is 5. The molecule has 0 amide bonds. The van der Waals surface area contributed by atoms with E-state index in [2.05, 4.69) is 59.7 Å². The number of hydrogen-bond acceptors (Lipinski definition) is 9. The largest absolute Gasteiger partial charge is 0.481 e. The average molecular weight is 1190 g/mol. The highest BCUT2D eigenvalue weighted by atomic mass is 32.1. The minimum Gasteiger partial charge on any atom is -0.481 e. The van der Waals surface area contributed by atoms with E-state index in [4.69, 9.17) is 24.4 Å². The molecule has 490 valence electrons. The van der Waals surface area contributed by atoms with Gasteiger partial charge in [0.15, 0.2) is 0 Å². The molecule has 0 atom stereocenters. The second-order valence-corrected chi connectivity index (χ2v) is 23.5. The molecule has 10 nitrogen and oxygen atoms in total. The number of esters is 3. The molecule has 0 unspecified atom stereocenters. The Morgan fingerprint density at radius 2 is 0.470 bits per heavy atom. The molecule has 0 fully saturated rings. The van der Waals surface area contributed by atoms with Crippen molar-refractivity contribution in [2.45, 2.75) is 356 Å². The van der Waals surface area contributed by atoms with Gasteiger partial charge < -0.3 is 24.4 Å². The summed E-state index contributed by atoms with van der Waals surface area (Å²) in [5.41, 5.74) is 1.48. The van der Waals surface area contributed by atoms with Crippen molar-refractivity contribution in [1.82, 2.24) is 0 Å². The number of rotatable bonds is 57. The molecule has 0 saturated carbocycles. The van der Waals surface area contributed by atoms with Crippen LogP contribution in [0.2, 0.25) is 0 Å². The Hall–Kier alpha value is -3.34. The van der Waals surface area contributed by atoms with Crippen molar-refractivity contribution >= 4 is 42.5 Å². The Labute approximate surface area is 519 Å². The predicted molar refractivity (Wildman–Crippen MR) is 360 cm³/mol. The summed E-state index contributed by atoms with van der Waals surface area (Å²) in [6.07, 6.45) is 66.2. The third-order valence-corrected chi connectivity index (χ3v) is 14.5. The van der Waals surface area contributed by atoms with E-state index in [9.17, 15) is 24.0 Å². The third kappa shape index (κ3) is 92.6. The lowest BCUT2D eigenvalue weighted by atomic mass is 10.0. The highest BCUT2D eigenvalue weighted by Gasteiger charge is 2.05. The average Bonchev–Trinajstić information content (AvgIpc) is 3.45. The van der Waals surface area contributed by atoms with Crippen LogP contribution in [0.4, 0.5) is 0 Å². The molecule has 0 aliphatic heterocycles. The molecular weight excluding hydrogens is 1060 g/mol. The van der Waals surface area contributed by atoms with Gasteiger partial charge in [0.1, 0.15) is 0 Å². The van der Waals surface area contributed by atoms with Crippen molar-refractivity contribution in [3.8, 4) is 0 Å². The van der Waals surface area contributed by atoms with E-state index in [0.717, 1.165) is 25.3 Å². The second-order valence-electron chi connectivity index (χ2n) is 23.1. The Morgan fingerprint density at radius 1 is 0.325 bits per heavy atom. The van der Waals surface area contributed by atoms with Crippen LogP contribution in [-0.4, -0.2) is 65.6 Å². The van der Waals surface area contributed by atoms with Gasteiger partial charge in [0.2, 0.25) is 0 Å². The van der Waals surface area contributed by atoms with Crippen molar-refractivity contribution in [2.75, 3.05) is 25.6 Å². The van der Waals surface area contributed by atoms with Crippen LogP contribution in [0.1, 0.15) is 356 Å². The minimum absolute atomic E-state index is 0.156. The fourth-order valence-corrected chi connectivity index (χ4v) is 9.10. The van der Waals surface area contributed by atoms with E-state index >= 15 is 0 Å². The first kappa shape index (κ1) is 88.4. The maximum atomic E-state index is 11.2. The van der Waals surface area contributed by atoms with Crippen LogP contribution in [0.3, 0.4) is 0 Å². The number of carboxylic acids is 2. The number of aliphatic carboxylic acids is 2. The summed E-state index contributed by atoms with van der Waals surface area (Å²) in [5.74, 6) is -2.10. The van der Waals surface area contributed by atoms with Crippen LogP contribution in [0.5, 0.6) is 0 Å². The Balaban J connectivity index is -0.000000335. The monoisotopic (exact) mass is 1190 g/mol. The number of ether oxygens (including phenoxy) is 3. The topological polar surface area (TPSA) is 154 Å². The SMILES string of the molecule is C=C(C)C(=O)OCCCCCCCCCCCCCCCC.C=C(C)C(=O)OCCCCCCCCCCCCCCCCCC.C=C(C)C(=O)OCCCCCCCCCCCCCCCCCCCC.C=CC(=O)O.O=C(O)CCS. The summed E-state index contributed by atoms with van der Waals surface area (Å²) in [6, 6.07) is 0. The quantitative estimate of drug-likeness (QED) is 0.0176. The van der Waals surface area contributed by atoms with E-state index in [0.29, 0.717) is 42.3 Å². The highest BCUT2D eigenvalue weighted by molar-refractivity contribution is 7.80. The van der Waals surface area contributed by atoms with Gasteiger partial charge in [-0.15, -0.1) is 0 Å². The molecule has 11 heteroatoms. The lowest BCUT2D eigenvalue weighted by Crippen LogP contribution is -2.05. The molecule has 2 N–H and O–H groups in total. The Kier molecular flexibility index (Phi) is 83.8. The first-order valence-electron chi connectivity index (χ1n) is 34.2. The second kappa shape index (κ2) is 78.7. The van der Waals surface area contributed by atoms with Crippen molar-refractivity contribution < 1.29 is 48.4 Å². The molecule has 0 spiro atoms. The van der Waals surface area contributed by atoms with Crippen molar-refractivity contribution in [1.29, 1.82) is 0 Å². The lowest BCUT2D eigenvalue weighted by molar-refractivity contribution is -0.139. The van der Waals surface area contributed by atoms with E-state index < -0.39 is 11.9 Å². The molecule has 0 aromatic carbocycles. The number of carboxylic acid groups (broad SMARTS) is 2. The molecule has 0 saturated heterocycles. The molecule has 0 bridgehead atoms. The van der Waals surface area contributed by atoms with Gasteiger partial charge in [0.05, 0.1) is 26.2 Å². The molecule has 0 rings (SSSR count). The zero-order valence-electron chi connectivity index (χ0n) is 55.5. The predicted octanol–water partition coefficient (Wildman–Crippen LogP) is 22.7. The zero-order valence-corrected chi connectivity index (χ0v) is 56.4. The summed E-state index contributed by atoms with van der Waals surface area (Å²) in [7, 11) is 0. The van der Waals surface area contributed by atoms with Gasteiger partial charge in [-0.25, -0.2) is 19.2 Å². The van der Waals surface area contributed by atoms with E-state index in [1.807, 2.05) is 0 Å². The van der Waals surface area contributed by atoms with Crippen molar-refractivity contribution in [2.24, 2.45) is 0 Å². The first-order chi connectivity index (χ1) is 40.1. The lowest BCUT2D eigenvalue weighted by Gasteiger charge is -2.05. The number of hydrogen-bond donors (Lipinski definition) is 3. The molecule has 0 aliphatic carbocycles. The van der Waals surface area contributed by atoms with Crippen LogP contribution in [0.15, 0.2) is 49.1 Å². The van der Waals surface area contributed by atoms with Gasteiger partial charge in [-0.3, -0.25) is 4.79 Å². The molecule has 83 heavy (non-hydrogen) atoms. The summed E-state index contributed by atoms with van der Waals surface area (Å²) in [6.45, 7) is 27.2. The molecule has 0 aromatic rings. The van der Waals surface area contributed by atoms with Crippen LogP contribution in [0, 0.1) is 0 Å². The first-order valence-corrected chi connectivity index (χ1v) is 34.9. The van der Waals surface area contributed by atoms with Crippen molar-refractivity contribution in [3.05, 3.63) is 49.1 Å². The maximum Gasteiger partial charge on any atom is 0.333 e. The summed E-state index contributed by atoms with van der Waals surface area (Å²) < 4.78 is 15.2. The molecule has 0 heterocycles. The summed E-state index contributed by atoms with van der Waals surface area (Å²) >= 11 is 3.68. The third-order valence-electron chi connectivity index (χ3n) is 14.2. The van der Waals surface area contributed by atoms with Gasteiger partial charge in [-0.05, 0) is 40.0 Å². The molecule has 0 radical (unpaired) electrons. The van der Waals surface area contributed by atoms with E-state index in [-0.39, 0.29) is 24.3 Å². The summed E-state index contributed by atoms with van der Waals surface area (Å²) in [4.78, 5) is 52.3. The zero-order chi connectivity index (χ0) is 62.9. The van der Waals surface area contributed by atoms with Gasteiger partial charge in [0, 0.05) is 28.5 Å². The van der Waals surface area contributed by atoms with E-state index in [1.165, 1.54) is 289 Å². The summed E-state index contributed by atoms with van der Waals surface area (Å²) in [5, 5.41) is 15.5. The Bertz CT molecular complexity index is 1460. The molecular formula is C72H136O10S. The Morgan fingerprint density at radius 3 is 0.566 bits per heavy atom. The fourth-order valence-electron chi connectivity index (χ4n) is 8.91. The molecule has 0 aromatic heterocycles. The van der Waals surface area contributed by atoms with E-state index in [1.54, 1.807) is 20.8 Å². The smallest absolute Gasteiger partial charge is 0.333 e. The van der Waals surface area contributed by atoms with Gasteiger partial charge in [-0.2, -0.15) is 12.6 Å². The van der Waals surface area contributed by atoms with Gasteiger partial charge in [0.25, 0.3) is 0 Å². The van der Waals surface area contributed by atoms with Crippen LogP contribution >= 0.6 is 12.6 Å². The number of unbranched alkanes of at least 4 members (excludes halogenated alkanes) is 45. The van der Waals surface area contributed by atoms with Crippen LogP contribution in [-0.2, 0) is 38.2 Å². The number of thiol groups is 1. The minimum atomic E-state index is -0.981. The fraction of sp³-hybridized carbons (Fsp3) is 0.819. The van der Waals surface area contributed by atoms with Gasteiger partial charge >= 0.3 is 29.8 Å². The van der Waals surface area contributed by atoms with Gasteiger partial charge in [-0.1, -0.05) is 336 Å². The maximum absolute atomic E-state index is 11.2. The van der Waals surface area contributed by atoms with Crippen LogP contribution < -0.4 is 0 Å².